The highest BCUT2D eigenvalue weighted by Gasteiger charge is 2.31. The molecule has 0 bridgehead atoms. The molecule has 1 N–H and O–H groups in total. The number of ether oxygens (including phenoxy) is 1. The average Bonchev–Trinajstić information content (AvgIpc) is 3.14. The fourth-order valence-corrected chi connectivity index (χ4v) is 3.29. The molecule has 2 aromatic heterocycles. The minimum atomic E-state index is -0.295. The summed E-state index contributed by atoms with van der Waals surface area (Å²) in [5.41, 5.74) is 1.33. The van der Waals surface area contributed by atoms with Crippen LogP contribution in [-0.2, 0) is 4.74 Å². The van der Waals surface area contributed by atoms with E-state index >= 15 is 0 Å². The molecule has 1 aliphatic rings. The van der Waals surface area contributed by atoms with Gasteiger partial charge in [-0.25, -0.2) is 0 Å². The summed E-state index contributed by atoms with van der Waals surface area (Å²) in [6, 6.07) is -0.295. The van der Waals surface area contributed by atoms with Gasteiger partial charge in [-0.1, -0.05) is 5.16 Å². The summed E-state index contributed by atoms with van der Waals surface area (Å²) >= 11 is 1.27. The van der Waals surface area contributed by atoms with Gasteiger partial charge in [0.2, 0.25) is 5.89 Å². The molecular weight excluding hydrogens is 304 g/mol. The molecule has 0 aliphatic carbocycles. The van der Waals surface area contributed by atoms with Crippen molar-refractivity contribution >= 4 is 17.4 Å². The fourth-order valence-electron chi connectivity index (χ4n) is 2.60. The molecular formula is C14H18N4O3S. The SMILES string of the molecule is Cc1noc(C(NC(=O)c2csnc2C)C2CCOCC2)n1. The van der Waals surface area contributed by atoms with Crippen molar-refractivity contribution in [3.8, 4) is 0 Å². The normalized spacial score (nSPS) is 17.4. The van der Waals surface area contributed by atoms with Crippen molar-refractivity contribution in [1.29, 1.82) is 0 Å². The number of hydrogen-bond donors (Lipinski definition) is 1. The molecule has 0 saturated carbocycles. The highest BCUT2D eigenvalue weighted by molar-refractivity contribution is 7.03. The summed E-state index contributed by atoms with van der Waals surface area (Å²) in [5, 5.41) is 8.63. The molecule has 1 unspecified atom stereocenters. The lowest BCUT2D eigenvalue weighted by atomic mass is 9.91. The zero-order valence-corrected chi connectivity index (χ0v) is 13.4. The Morgan fingerprint density at radius 1 is 1.41 bits per heavy atom. The van der Waals surface area contributed by atoms with E-state index in [-0.39, 0.29) is 17.9 Å². The molecule has 0 radical (unpaired) electrons. The van der Waals surface area contributed by atoms with E-state index in [2.05, 4.69) is 19.8 Å². The smallest absolute Gasteiger partial charge is 0.254 e. The first-order valence-electron chi connectivity index (χ1n) is 7.25. The Morgan fingerprint density at radius 2 is 2.18 bits per heavy atom. The number of aryl methyl sites for hydroxylation is 2. The molecule has 2 aromatic rings. The van der Waals surface area contributed by atoms with E-state index in [1.54, 1.807) is 12.3 Å². The Balaban J connectivity index is 1.82. The Kier molecular flexibility index (Phi) is 4.49. The minimum Gasteiger partial charge on any atom is -0.381 e. The zero-order valence-electron chi connectivity index (χ0n) is 12.5. The summed E-state index contributed by atoms with van der Waals surface area (Å²) in [4.78, 5) is 16.8. The van der Waals surface area contributed by atoms with Gasteiger partial charge in [0.15, 0.2) is 5.82 Å². The van der Waals surface area contributed by atoms with Gasteiger partial charge in [-0.2, -0.15) is 9.36 Å². The van der Waals surface area contributed by atoms with Crippen LogP contribution in [0.1, 0.15) is 46.7 Å². The molecule has 0 spiro atoms. The number of hydrogen-bond acceptors (Lipinski definition) is 7. The maximum atomic E-state index is 12.5. The lowest BCUT2D eigenvalue weighted by molar-refractivity contribution is 0.0467. The Hall–Kier alpha value is -1.80. The van der Waals surface area contributed by atoms with Gasteiger partial charge in [-0.05, 0) is 44.1 Å². The van der Waals surface area contributed by atoms with Crippen molar-refractivity contribution < 1.29 is 14.1 Å². The van der Waals surface area contributed by atoms with Crippen LogP contribution < -0.4 is 5.32 Å². The fraction of sp³-hybridized carbons (Fsp3) is 0.571. The Labute approximate surface area is 132 Å². The lowest BCUT2D eigenvalue weighted by Crippen LogP contribution is -2.36. The van der Waals surface area contributed by atoms with E-state index in [0.717, 1.165) is 18.5 Å². The Morgan fingerprint density at radius 3 is 2.77 bits per heavy atom. The van der Waals surface area contributed by atoms with Gasteiger partial charge < -0.3 is 14.6 Å². The number of rotatable bonds is 4. The number of carbonyl (C=O) groups is 1. The standard InChI is InChI=1S/C14H18N4O3S/c1-8-11(7-22-18-8)13(19)16-12(10-3-5-20-6-4-10)14-15-9(2)17-21-14/h7,10,12H,3-6H2,1-2H3,(H,16,19). The Bertz CT molecular complexity index is 648. The molecule has 118 valence electrons. The monoisotopic (exact) mass is 322 g/mol. The van der Waals surface area contributed by atoms with Gasteiger partial charge in [0.25, 0.3) is 5.91 Å². The van der Waals surface area contributed by atoms with Crippen LogP contribution in [0, 0.1) is 19.8 Å². The number of carbonyl (C=O) groups excluding carboxylic acids is 1. The lowest BCUT2D eigenvalue weighted by Gasteiger charge is -2.28. The van der Waals surface area contributed by atoms with Crippen LogP contribution in [0.3, 0.4) is 0 Å². The summed E-state index contributed by atoms with van der Waals surface area (Å²) < 4.78 is 14.8. The first-order valence-corrected chi connectivity index (χ1v) is 8.08. The molecule has 1 saturated heterocycles. The van der Waals surface area contributed by atoms with E-state index in [0.29, 0.717) is 30.5 Å². The molecule has 1 aliphatic heterocycles. The van der Waals surface area contributed by atoms with Crippen LogP contribution in [0.5, 0.6) is 0 Å². The van der Waals surface area contributed by atoms with Crippen molar-refractivity contribution in [2.24, 2.45) is 5.92 Å². The van der Waals surface area contributed by atoms with Gasteiger partial charge >= 0.3 is 0 Å². The molecule has 3 rings (SSSR count). The second-order valence-electron chi connectivity index (χ2n) is 5.39. The van der Waals surface area contributed by atoms with Crippen LogP contribution in [0.15, 0.2) is 9.90 Å². The highest BCUT2D eigenvalue weighted by Crippen LogP contribution is 2.29. The van der Waals surface area contributed by atoms with E-state index in [1.165, 1.54) is 11.5 Å². The third kappa shape index (κ3) is 3.17. The minimum absolute atomic E-state index is 0.154. The second-order valence-corrected chi connectivity index (χ2v) is 6.02. The molecule has 22 heavy (non-hydrogen) atoms. The molecule has 1 atom stereocenters. The van der Waals surface area contributed by atoms with Gasteiger partial charge in [0, 0.05) is 18.6 Å². The number of amides is 1. The van der Waals surface area contributed by atoms with Crippen molar-refractivity contribution in [3.05, 3.63) is 28.4 Å². The third-order valence-electron chi connectivity index (χ3n) is 3.83. The third-order valence-corrected chi connectivity index (χ3v) is 4.55. The molecule has 8 heteroatoms. The van der Waals surface area contributed by atoms with Gasteiger partial charge in [-0.3, -0.25) is 4.79 Å². The van der Waals surface area contributed by atoms with Crippen LogP contribution in [-0.4, -0.2) is 33.6 Å². The summed E-state index contributed by atoms with van der Waals surface area (Å²) in [7, 11) is 0. The topological polar surface area (TPSA) is 90.1 Å². The summed E-state index contributed by atoms with van der Waals surface area (Å²) in [6.07, 6.45) is 1.71. The maximum Gasteiger partial charge on any atom is 0.254 e. The van der Waals surface area contributed by atoms with Crippen LogP contribution in [0.4, 0.5) is 0 Å². The van der Waals surface area contributed by atoms with E-state index in [4.69, 9.17) is 9.26 Å². The van der Waals surface area contributed by atoms with Crippen molar-refractivity contribution in [2.45, 2.75) is 32.7 Å². The molecule has 1 amide bonds. The first kappa shape index (κ1) is 15.1. The summed E-state index contributed by atoms with van der Waals surface area (Å²) in [5.74, 6) is 1.09. The molecule has 3 heterocycles. The van der Waals surface area contributed by atoms with E-state index < -0.39 is 0 Å². The average molecular weight is 322 g/mol. The van der Waals surface area contributed by atoms with Crippen molar-refractivity contribution in [3.63, 3.8) is 0 Å². The predicted octanol–water partition coefficient (Wildman–Crippen LogP) is 2.04. The van der Waals surface area contributed by atoms with E-state index in [1.807, 2.05) is 6.92 Å². The summed E-state index contributed by atoms with van der Waals surface area (Å²) in [6.45, 7) is 4.96. The quantitative estimate of drug-likeness (QED) is 0.926. The first-order chi connectivity index (χ1) is 10.6. The second kappa shape index (κ2) is 6.53. The molecule has 1 fully saturated rings. The maximum absolute atomic E-state index is 12.5. The highest BCUT2D eigenvalue weighted by atomic mass is 32.1. The van der Waals surface area contributed by atoms with Gasteiger partial charge in [0.05, 0.1) is 11.3 Å². The number of nitrogens with zero attached hydrogens (tertiary/aromatic N) is 3. The van der Waals surface area contributed by atoms with Crippen molar-refractivity contribution in [1.82, 2.24) is 19.8 Å². The van der Waals surface area contributed by atoms with E-state index in [9.17, 15) is 4.79 Å². The number of aromatic nitrogens is 3. The van der Waals surface area contributed by atoms with Crippen molar-refractivity contribution in [2.75, 3.05) is 13.2 Å². The zero-order chi connectivity index (χ0) is 15.5. The largest absolute Gasteiger partial charge is 0.381 e. The molecule has 0 aromatic carbocycles. The van der Waals surface area contributed by atoms with Gasteiger partial charge in [0.1, 0.15) is 6.04 Å². The van der Waals surface area contributed by atoms with Gasteiger partial charge in [-0.15, -0.1) is 0 Å². The van der Waals surface area contributed by atoms with Crippen LogP contribution in [0.25, 0.3) is 0 Å². The molecule has 7 nitrogen and oxygen atoms in total. The van der Waals surface area contributed by atoms with Crippen LogP contribution >= 0.6 is 11.5 Å². The van der Waals surface area contributed by atoms with Crippen LogP contribution in [0.2, 0.25) is 0 Å². The number of nitrogens with one attached hydrogen (secondary N) is 1. The predicted molar refractivity (Wildman–Crippen MR) is 79.6 cm³/mol.